The monoisotopic (exact) mass is 337 g/mol. The van der Waals surface area contributed by atoms with Gasteiger partial charge < -0.3 is 5.32 Å². The molecule has 1 aliphatic carbocycles. The second-order valence-electron chi connectivity index (χ2n) is 8.05. The number of hydrogen-bond donors (Lipinski definition) is 1. The molecule has 2 heteroatoms. The van der Waals surface area contributed by atoms with Gasteiger partial charge in [0.15, 0.2) is 0 Å². The Morgan fingerprint density at radius 1 is 1.15 bits per heavy atom. The van der Waals surface area contributed by atoms with Crippen LogP contribution in [0, 0.1) is 10.8 Å². The normalized spacial score (nSPS) is 23.5. The van der Waals surface area contributed by atoms with Crippen LogP contribution < -0.4 is 5.32 Å². The van der Waals surface area contributed by atoms with Crippen molar-refractivity contribution in [1.29, 1.82) is 0 Å². The van der Waals surface area contributed by atoms with Gasteiger partial charge >= 0.3 is 0 Å². The number of halogens is 1. The molecule has 112 valence electrons. The third-order valence-electron chi connectivity index (χ3n) is 4.39. The molecular weight excluding hydrogens is 310 g/mol. The lowest BCUT2D eigenvalue weighted by Crippen LogP contribution is -2.44. The Bertz CT molecular complexity index is 448. The Hall–Kier alpha value is -0.340. The highest BCUT2D eigenvalue weighted by Crippen LogP contribution is 2.46. The van der Waals surface area contributed by atoms with Gasteiger partial charge in [-0.25, -0.2) is 0 Å². The van der Waals surface area contributed by atoms with E-state index in [4.69, 9.17) is 0 Å². The van der Waals surface area contributed by atoms with Gasteiger partial charge in [-0.1, -0.05) is 55.8 Å². The first-order valence-electron chi connectivity index (χ1n) is 7.68. The zero-order valence-electron chi connectivity index (χ0n) is 13.5. The summed E-state index contributed by atoms with van der Waals surface area (Å²) in [5.41, 5.74) is 2.24. The van der Waals surface area contributed by atoms with Crippen LogP contribution in [0.5, 0.6) is 0 Å². The molecule has 0 spiro atoms. The van der Waals surface area contributed by atoms with E-state index in [2.05, 4.69) is 80.1 Å². The van der Waals surface area contributed by atoms with E-state index in [0.29, 0.717) is 22.9 Å². The minimum atomic E-state index is 0.405. The van der Waals surface area contributed by atoms with Gasteiger partial charge in [0.2, 0.25) is 0 Å². The lowest BCUT2D eigenvalue weighted by Gasteiger charge is -2.46. The molecule has 1 aromatic rings. The smallest absolute Gasteiger partial charge is 0.0294 e. The second kappa shape index (κ2) is 5.81. The van der Waals surface area contributed by atoms with E-state index in [1.165, 1.54) is 24.8 Å². The first-order valence-corrected chi connectivity index (χ1v) is 8.48. The molecule has 0 aromatic heterocycles. The molecule has 20 heavy (non-hydrogen) atoms. The number of benzene rings is 1. The van der Waals surface area contributed by atoms with E-state index in [1.54, 1.807) is 0 Å². The predicted octanol–water partition coefficient (Wildman–Crippen LogP) is 5.70. The van der Waals surface area contributed by atoms with E-state index in [9.17, 15) is 0 Å². The molecule has 1 nitrogen and oxygen atoms in total. The van der Waals surface area contributed by atoms with Crippen molar-refractivity contribution in [3.8, 4) is 0 Å². The van der Waals surface area contributed by atoms with E-state index in [1.807, 2.05) is 0 Å². The Labute approximate surface area is 132 Å². The summed E-state index contributed by atoms with van der Waals surface area (Å²) in [5, 5.41) is 3.85. The summed E-state index contributed by atoms with van der Waals surface area (Å²) in [5.74, 6) is 0. The fraction of sp³-hybridized carbons (Fsp3) is 0.667. The van der Waals surface area contributed by atoms with Crippen molar-refractivity contribution in [2.24, 2.45) is 10.8 Å². The summed E-state index contributed by atoms with van der Waals surface area (Å²) < 4.78 is 1.16. The van der Waals surface area contributed by atoms with Crippen molar-refractivity contribution < 1.29 is 0 Å². The average Bonchev–Trinajstić information content (AvgIpc) is 2.24. The third kappa shape index (κ3) is 4.33. The second-order valence-corrected chi connectivity index (χ2v) is 8.97. The first-order chi connectivity index (χ1) is 9.17. The maximum atomic E-state index is 3.85. The van der Waals surface area contributed by atoms with E-state index in [-0.39, 0.29) is 0 Å². The Kier molecular flexibility index (Phi) is 4.66. The quantitative estimate of drug-likeness (QED) is 0.745. The molecule has 0 amide bonds. The Balaban J connectivity index is 2.05. The summed E-state index contributed by atoms with van der Waals surface area (Å²) in [4.78, 5) is 0. The summed E-state index contributed by atoms with van der Waals surface area (Å²) in [7, 11) is 0. The zero-order chi connectivity index (χ0) is 15.0. The Morgan fingerprint density at radius 2 is 1.75 bits per heavy atom. The van der Waals surface area contributed by atoms with Crippen LogP contribution in [0.4, 0.5) is 0 Å². The largest absolute Gasteiger partial charge is 0.307 e. The molecule has 0 heterocycles. The SMILES string of the molecule is CC(NC1CC(C)(C)CC(C)(C)C1)c1cccc(Br)c1. The zero-order valence-corrected chi connectivity index (χ0v) is 15.0. The number of hydrogen-bond acceptors (Lipinski definition) is 1. The highest BCUT2D eigenvalue weighted by atomic mass is 79.9. The van der Waals surface area contributed by atoms with Crippen molar-refractivity contribution in [1.82, 2.24) is 5.32 Å². The van der Waals surface area contributed by atoms with Crippen molar-refractivity contribution in [2.45, 2.75) is 66.0 Å². The van der Waals surface area contributed by atoms with Gasteiger partial charge in [-0.15, -0.1) is 0 Å². The van der Waals surface area contributed by atoms with Crippen LogP contribution in [-0.2, 0) is 0 Å². The van der Waals surface area contributed by atoms with Gasteiger partial charge in [-0.2, -0.15) is 0 Å². The average molecular weight is 338 g/mol. The Morgan fingerprint density at radius 3 is 2.30 bits per heavy atom. The van der Waals surface area contributed by atoms with Gasteiger partial charge in [-0.05, 0) is 54.7 Å². The molecule has 1 atom stereocenters. The van der Waals surface area contributed by atoms with Gasteiger partial charge in [0.05, 0.1) is 0 Å². The fourth-order valence-electron chi connectivity index (χ4n) is 4.19. The molecule has 2 rings (SSSR count). The van der Waals surface area contributed by atoms with E-state index >= 15 is 0 Å². The van der Waals surface area contributed by atoms with Crippen molar-refractivity contribution >= 4 is 15.9 Å². The molecule has 0 radical (unpaired) electrons. The molecular formula is C18H28BrN. The first kappa shape index (κ1) is 16.0. The lowest BCUT2D eigenvalue weighted by molar-refractivity contribution is 0.0811. The van der Waals surface area contributed by atoms with Crippen LogP contribution in [0.2, 0.25) is 0 Å². The van der Waals surface area contributed by atoms with Crippen LogP contribution in [-0.4, -0.2) is 6.04 Å². The fourth-order valence-corrected chi connectivity index (χ4v) is 4.61. The lowest BCUT2D eigenvalue weighted by atomic mass is 9.63. The standard InChI is InChI=1S/C18H28BrN/c1-13(14-7-6-8-15(19)9-14)20-16-10-17(2,3)12-18(4,5)11-16/h6-9,13,16,20H,10-12H2,1-5H3. The van der Waals surface area contributed by atoms with Gasteiger partial charge in [0.1, 0.15) is 0 Å². The van der Waals surface area contributed by atoms with Crippen LogP contribution in [0.3, 0.4) is 0 Å². The van der Waals surface area contributed by atoms with Crippen LogP contribution in [0.25, 0.3) is 0 Å². The third-order valence-corrected chi connectivity index (χ3v) is 4.88. The van der Waals surface area contributed by atoms with Crippen LogP contribution in [0.15, 0.2) is 28.7 Å². The summed E-state index contributed by atoms with van der Waals surface area (Å²) in [6.07, 6.45) is 3.87. The molecule has 0 bridgehead atoms. The highest BCUT2D eigenvalue weighted by Gasteiger charge is 2.38. The van der Waals surface area contributed by atoms with Crippen LogP contribution in [0.1, 0.15) is 65.5 Å². The van der Waals surface area contributed by atoms with Gasteiger partial charge in [-0.3, -0.25) is 0 Å². The van der Waals surface area contributed by atoms with Crippen molar-refractivity contribution in [2.75, 3.05) is 0 Å². The molecule has 1 aromatic carbocycles. The molecule has 0 saturated heterocycles. The predicted molar refractivity (Wildman–Crippen MR) is 90.9 cm³/mol. The highest BCUT2D eigenvalue weighted by molar-refractivity contribution is 9.10. The minimum Gasteiger partial charge on any atom is -0.307 e. The van der Waals surface area contributed by atoms with Gasteiger partial charge in [0.25, 0.3) is 0 Å². The number of nitrogens with one attached hydrogen (secondary N) is 1. The molecule has 1 unspecified atom stereocenters. The van der Waals surface area contributed by atoms with Gasteiger partial charge in [0, 0.05) is 16.6 Å². The summed E-state index contributed by atoms with van der Waals surface area (Å²) in [6.45, 7) is 11.9. The molecule has 1 N–H and O–H groups in total. The molecule has 1 aliphatic rings. The maximum absolute atomic E-state index is 3.85. The summed E-state index contributed by atoms with van der Waals surface area (Å²) >= 11 is 3.56. The molecule has 0 aliphatic heterocycles. The minimum absolute atomic E-state index is 0.405. The van der Waals surface area contributed by atoms with E-state index in [0.717, 1.165) is 4.47 Å². The van der Waals surface area contributed by atoms with Crippen molar-refractivity contribution in [3.05, 3.63) is 34.3 Å². The molecule has 1 saturated carbocycles. The number of rotatable bonds is 3. The van der Waals surface area contributed by atoms with Crippen molar-refractivity contribution in [3.63, 3.8) is 0 Å². The maximum Gasteiger partial charge on any atom is 0.0294 e. The molecule has 1 fully saturated rings. The van der Waals surface area contributed by atoms with Crippen LogP contribution >= 0.6 is 15.9 Å². The van der Waals surface area contributed by atoms with E-state index < -0.39 is 0 Å². The summed E-state index contributed by atoms with van der Waals surface area (Å²) in [6, 6.07) is 9.65. The topological polar surface area (TPSA) is 12.0 Å².